The summed E-state index contributed by atoms with van der Waals surface area (Å²) in [6.45, 7) is 0.721. The van der Waals surface area contributed by atoms with E-state index >= 15 is 0 Å². The van der Waals surface area contributed by atoms with Crippen molar-refractivity contribution in [3.8, 4) is 0 Å². The third kappa shape index (κ3) is 3.30. The Morgan fingerprint density at radius 3 is 2.64 bits per heavy atom. The van der Waals surface area contributed by atoms with Gasteiger partial charge in [0.05, 0.1) is 0 Å². The summed E-state index contributed by atoms with van der Waals surface area (Å²) < 4.78 is 11.6. The number of rotatable bonds is 4. The predicted molar refractivity (Wildman–Crippen MR) is 45.0 cm³/mol. The number of benzene rings is 1. The highest BCUT2D eigenvalue weighted by molar-refractivity contribution is 6.22. The van der Waals surface area contributed by atoms with Crippen LogP contribution >= 0.6 is 0 Å². The smallest absolute Gasteiger partial charge is 0.311 e. The van der Waals surface area contributed by atoms with Crippen LogP contribution in [0.3, 0.4) is 0 Å². The van der Waals surface area contributed by atoms with Gasteiger partial charge in [-0.3, -0.25) is 4.11 Å². The Morgan fingerprint density at radius 2 is 2.00 bits per heavy atom. The second kappa shape index (κ2) is 5.04. The first-order valence-corrected chi connectivity index (χ1v) is 4.43. The molecule has 0 heterocycles. The van der Waals surface area contributed by atoms with E-state index in [4.69, 9.17) is 0 Å². The lowest BCUT2D eigenvalue weighted by molar-refractivity contribution is 0.784. The molecule has 0 bridgehead atoms. The van der Waals surface area contributed by atoms with Gasteiger partial charge in [-0.2, -0.15) is 0 Å². The van der Waals surface area contributed by atoms with Crippen molar-refractivity contribution in [1.29, 1.82) is 0 Å². The van der Waals surface area contributed by atoms with E-state index in [0.717, 1.165) is 13.0 Å². The lowest BCUT2D eigenvalue weighted by Gasteiger charge is -1.98. The zero-order valence-corrected chi connectivity index (χ0v) is 7.18. The van der Waals surface area contributed by atoms with Gasteiger partial charge < -0.3 is 4.98 Å². The third-order valence-corrected chi connectivity index (χ3v) is 1.83. The second-order valence-electron chi connectivity index (χ2n) is 2.26. The normalized spacial score (nSPS) is 9.91. The van der Waals surface area contributed by atoms with E-state index in [1.165, 1.54) is 5.56 Å². The second-order valence-corrected chi connectivity index (χ2v) is 2.80. The number of hydrogen-bond acceptors (Lipinski definition) is 1. The van der Waals surface area contributed by atoms with E-state index in [2.05, 4.69) is 4.98 Å². The molecular formula is C8H10FNSi. The molecule has 0 aromatic heterocycles. The molecule has 1 rings (SSSR count). The fourth-order valence-corrected chi connectivity index (χ4v) is 1.12. The Kier molecular flexibility index (Phi) is 3.86. The Morgan fingerprint density at radius 1 is 1.27 bits per heavy atom. The highest BCUT2D eigenvalue weighted by atomic mass is 28.3. The van der Waals surface area contributed by atoms with Crippen LogP contribution in [0.4, 0.5) is 4.11 Å². The van der Waals surface area contributed by atoms with Gasteiger partial charge in [-0.05, 0) is 18.5 Å². The van der Waals surface area contributed by atoms with Crippen LogP contribution in [0.5, 0.6) is 0 Å². The molecule has 0 amide bonds. The molecule has 0 fully saturated rings. The van der Waals surface area contributed by atoms with E-state index in [9.17, 15) is 4.11 Å². The van der Waals surface area contributed by atoms with Gasteiger partial charge in [0.2, 0.25) is 0 Å². The molecule has 0 aliphatic heterocycles. The molecule has 0 atom stereocenters. The summed E-state index contributed by atoms with van der Waals surface area (Å²) in [6.07, 6.45) is 0.901. The first-order valence-electron chi connectivity index (χ1n) is 3.56. The summed E-state index contributed by atoms with van der Waals surface area (Å²) in [5.41, 5.74) is 1.25. The minimum Gasteiger partial charge on any atom is -0.311 e. The average Bonchev–Trinajstić information content (AvgIpc) is 2.07. The van der Waals surface area contributed by atoms with Crippen LogP contribution in [0.2, 0.25) is 0 Å². The molecule has 1 nitrogen and oxygen atoms in total. The van der Waals surface area contributed by atoms with Crippen LogP contribution in [0, 0.1) is 0 Å². The van der Waals surface area contributed by atoms with Gasteiger partial charge >= 0.3 is 10.0 Å². The van der Waals surface area contributed by atoms with Gasteiger partial charge in [0.15, 0.2) is 0 Å². The summed E-state index contributed by atoms with van der Waals surface area (Å²) in [6, 6.07) is 10.1. The summed E-state index contributed by atoms with van der Waals surface area (Å²) in [4.78, 5) is 2.66. The molecule has 0 aliphatic rings. The Bertz CT molecular complexity index is 191. The first kappa shape index (κ1) is 8.42. The van der Waals surface area contributed by atoms with E-state index in [1.807, 2.05) is 30.3 Å². The summed E-state index contributed by atoms with van der Waals surface area (Å²) >= 11 is 0. The molecule has 2 radical (unpaired) electrons. The van der Waals surface area contributed by atoms with E-state index in [-0.39, 0.29) is 0 Å². The monoisotopic (exact) mass is 167 g/mol. The van der Waals surface area contributed by atoms with Gasteiger partial charge in [-0.25, -0.2) is 0 Å². The topological polar surface area (TPSA) is 12.0 Å². The predicted octanol–water partition coefficient (Wildman–Crippen LogP) is 1.32. The van der Waals surface area contributed by atoms with E-state index in [0.29, 0.717) is 0 Å². The lowest BCUT2D eigenvalue weighted by Crippen LogP contribution is -2.18. The van der Waals surface area contributed by atoms with E-state index < -0.39 is 10.0 Å². The Hall–Kier alpha value is -0.673. The molecular weight excluding hydrogens is 157 g/mol. The van der Waals surface area contributed by atoms with Crippen molar-refractivity contribution < 1.29 is 4.11 Å². The van der Waals surface area contributed by atoms with Crippen molar-refractivity contribution in [3.63, 3.8) is 0 Å². The van der Waals surface area contributed by atoms with Crippen molar-refractivity contribution in [1.82, 2.24) is 4.98 Å². The largest absolute Gasteiger partial charge is 0.396 e. The molecule has 1 aromatic rings. The molecule has 0 saturated carbocycles. The summed E-state index contributed by atoms with van der Waals surface area (Å²) in [7, 11) is -0.641. The number of nitrogens with one attached hydrogen (secondary N) is 1. The average molecular weight is 167 g/mol. The van der Waals surface area contributed by atoms with Crippen molar-refractivity contribution in [2.24, 2.45) is 0 Å². The lowest BCUT2D eigenvalue weighted by atomic mass is 10.2. The van der Waals surface area contributed by atoms with Crippen molar-refractivity contribution in [2.75, 3.05) is 6.54 Å². The Labute approximate surface area is 68.7 Å². The molecule has 11 heavy (non-hydrogen) atoms. The molecule has 0 aliphatic carbocycles. The molecule has 1 aromatic carbocycles. The van der Waals surface area contributed by atoms with Gasteiger partial charge in [0.25, 0.3) is 0 Å². The molecule has 0 saturated heterocycles. The van der Waals surface area contributed by atoms with Crippen LogP contribution in [-0.2, 0) is 6.42 Å². The molecule has 0 unspecified atom stereocenters. The van der Waals surface area contributed by atoms with Gasteiger partial charge in [0.1, 0.15) is 0 Å². The maximum Gasteiger partial charge on any atom is 0.396 e. The van der Waals surface area contributed by atoms with Gasteiger partial charge in [-0.1, -0.05) is 30.3 Å². The summed E-state index contributed by atoms with van der Waals surface area (Å²) in [5.74, 6) is 0. The maximum atomic E-state index is 11.6. The van der Waals surface area contributed by atoms with Crippen LogP contribution in [0.1, 0.15) is 5.56 Å². The third-order valence-electron chi connectivity index (χ3n) is 1.45. The molecule has 3 heteroatoms. The first-order chi connectivity index (χ1) is 5.43. The number of halogens is 1. The fraction of sp³-hybridized carbons (Fsp3) is 0.250. The minimum absolute atomic E-state index is 0.641. The van der Waals surface area contributed by atoms with Gasteiger partial charge in [0, 0.05) is 0 Å². The molecule has 1 N–H and O–H groups in total. The van der Waals surface area contributed by atoms with Crippen molar-refractivity contribution in [2.45, 2.75) is 6.42 Å². The zero-order valence-electron chi connectivity index (χ0n) is 6.18. The SMILES string of the molecule is F[Si]NCCc1ccccc1. The fourth-order valence-electron chi connectivity index (χ4n) is 0.899. The van der Waals surface area contributed by atoms with E-state index in [1.54, 1.807) is 0 Å². The maximum absolute atomic E-state index is 11.6. The van der Waals surface area contributed by atoms with Crippen LogP contribution in [0.25, 0.3) is 0 Å². The standard InChI is InChI=1S/C8H10FNSi/c9-11-10-7-6-8-4-2-1-3-5-8/h1-5,10H,6-7H2. The highest BCUT2D eigenvalue weighted by Crippen LogP contribution is 1.97. The van der Waals surface area contributed by atoms with Crippen molar-refractivity contribution in [3.05, 3.63) is 35.9 Å². The quantitative estimate of drug-likeness (QED) is 0.405. The van der Waals surface area contributed by atoms with Gasteiger partial charge in [-0.15, -0.1) is 0 Å². The molecule has 58 valence electrons. The van der Waals surface area contributed by atoms with Crippen LogP contribution in [-0.4, -0.2) is 16.6 Å². The van der Waals surface area contributed by atoms with Crippen LogP contribution in [0.15, 0.2) is 30.3 Å². The van der Waals surface area contributed by atoms with Crippen molar-refractivity contribution >= 4 is 10.0 Å². The summed E-state index contributed by atoms with van der Waals surface area (Å²) in [5, 5.41) is 0. The molecule has 0 spiro atoms. The highest BCUT2D eigenvalue weighted by Gasteiger charge is 1.90. The number of hydrogen-bond donors (Lipinski definition) is 1. The minimum atomic E-state index is -0.641. The van der Waals surface area contributed by atoms with Crippen LogP contribution < -0.4 is 4.98 Å². The zero-order chi connectivity index (χ0) is 7.94. The Balaban J connectivity index is 2.28.